The molecule has 0 saturated carbocycles. The van der Waals surface area contributed by atoms with Crippen LogP contribution < -0.4 is 0 Å². The molecule has 2 aromatic heterocycles. The van der Waals surface area contributed by atoms with Crippen molar-refractivity contribution in [2.75, 3.05) is 0 Å². The molecule has 2 heterocycles. The normalized spacial score (nSPS) is 15.8. The molecule has 0 unspecified atom stereocenters. The number of fused-ring (bicyclic) bond motifs is 3. The van der Waals surface area contributed by atoms with Gasteiger partial charge in [0.25, 0.3) is 0 Å². The van der Waals surface area contributed by atoms with E-state index in [1.165, 1.54) is 47.9 Å². The molecule has 0 fully saturated rings. The molecule has 1 aliphatic rings. The Morgan fingerprint density at radius 2 is 1.83 bits per heavy atom. The summed E-state index contributed by atoms with van der Waals surface area (Å²) in [7, 11) is 0. The highest BCUT2D eigenvalue weighted by Crippen LogP contribution is 2.29. The zero-order valence-electron chi connectivity index (χ0n) is 10.9. The molecule has 0 aliphatic heterocycles. The van der Waals surface area contributed by atoms with Gasteiger partial charge >= 0.3 is 0 Å². The minimum atomic E-state index is 0.863. The van der Waals surface area contributed by atoms with E-state index in [1.807, 2.05) is 6.20 Å². The first-order valence-corrected chi connectivity index (χ1v) is 6.84. The summed E-state index contributed by atoms with van der Waals surface area (Å²) in [5, 5.41) is 9.44. The second-order valence-electron chi connectivity index (χ2n) is 5.29. The molecule has 2 aromatic rings. The second kappa shape index (κ2) is 4.49. The first kappa shape index (κ1) is 11.3. The largest absolute Gasteiger partial charge is 0.308 e. The van der Waals surface area contributed by atoms with E-state index in [4.69, 9.17) is 0 Å². The number of nitriles is 1. The van der Waals surface area contributed by atoms with Gasteiger partial charge in [0.05, 0.1) is 5.52 Å². The van der Waals surface area contributed by atoms with Gasteiger partial charge in [0.1, 0.15) is 11.8 Å². The lowest BCUT2D eigenvalue weighted by Gasteiger charge is -2.09. The lowest BCUT2D eigenvalue weighted by Crippen LogP contribution is -1.98. The summed E-state index contributed by atoms with van der Waals surface area (Å²) in [5.74, 6) is 0. The fraction of sp³-hybridized carbons (Fsp3) is 0.438. The quantitative estimate of drug-likeness (QED) is 0.686. The van der Waals surface area contributed by atoms with Crippen LogP contribution in [0.5, 0.6) is 0 Å². The molecule has 2 heteroatoms. The summed E-state index contributed by atoms with van der Waals surface area (Å²) >= 11 is 0. The Balaban J connectivity index is 2.30. The van der Waals surface area contributed by atoms with Crippen molar-refractivity contribution in [2.45, 2.75) is 45.4 Å². The van der Waals surface area contributed by atoms with Gasteiger partial charge < -0.3 is 4.40 Å². The van der Waals surface area contributed by atoms with Gasteiger partial charge in [-0.25, -0.2) is 0 Å². The molecular weight excluding hydrogens is 220 g/mol. The maximum absolute atomic E-state index is 9.44. The van der Waals surface area contributed by atoms with Crippen molar-refractivity contribution in [3.05, 3.63) is 40.7 Å². The molecule has 0 bridgehead atoms. The van der Waals surface area contributed by atoms with Gasteiger partial charge in [-0.15, -0.1) is 0 Å². The zero-order chi connectivity index (χ0) is 12.5. The Kier molecular flexibility index (Phi) is 2.83. The number of hydrogen-bond acceptors (Lipinski definition) is 1. The van der Waals surface area contributed by atoms with Gasteiger partial charge in [0.2, 0.25) is 0 Å². The lowest BCUT2D eigenvalue weighted by atomic mass is 9.94. The lowest BCUT2D eigenvalue weighted by molar-refractivity contribution is 0.620. The summed E-state index contributed by atoms with van der Waals surface area (Å²) in [6.45, 7) is 2.12. The molecule has 0 atom stereocenters. The number of rotatable bonds is 0. The third-order valence-electron chi connectivity index (χ3n) is 4.02. The smallest absolute Gasteiger partial charge is 0.128 e. The highest BCUT2D eigenvalue weighted by Gasteiger charge is 2.18. The van der Waals surface area contributed by atoms with Gasteiger partial charge in [-0.2, -0.15) is 5.26 Å². The second-order valence-corrected chi connectivity index (χ2v) is 5.29. The van der Waals surface area contributed by atoms with Crippen LogP contribution in [0.3, 0.4) is 0 Å². The van der Waals surface area contributed by atoms with Crippen LogP contribution in [0.25, 0.3) is 5.52 Å². The van der Waals surface area contributed by atoms with E-state index in [-0.39, 0.29) is 0 Å². The summed E-state index contributed by atoms with van der Waals surface area (Å²) in [4.78, 5) is 0. The average Bonchev–Trinajstić information content (AvgIpc) is 2.60. The zero-order valence-corrected chi connectivity index (χ0v) is 10.9. The standard InChI is InChI=1S/C16H18N2/c1-12-8-9-18-15(10-12)13-6-4-2-3-5-7-14(13)16(18)11-17/h8-10H,2-7H2,1H3. The molecule has 0 radical (unpaired) electrons. The Labute approximate surface area is 108 Å². The predicted molar refractivity (Wildman–Crippen MR) is 72.7 cm³/mol. The fourth-order valence-corrected chi connectivity index (χ4v) is 3.10. The number of aromatic nitrogens is 1. The van der Waals surface area contributed by atoms with Crippen molar-refractivity contribution in [3.63, 3.8) is 0 Å². The molecule has 0 saturated heterocycles. The van der Waals surface area contributed by atoms with Crippen molar-refractivity contribution in [3.8, 4) is 6.07 Å². The first-order chi connectivity index (χ1) is 8.81. The minimum absolute atomic E-state index is 0.863. The van der Waals surface area contributed by atoms with Crippen LogP contribution in [0.15, 0.2) is 18.3 Å². The molecule has 1 aliphatic carbocycles. The molecule has 0 aromatic carbocycles. The van der Waals surface area contributed by atoms with E-state index in [0.29, 0.717) is 0 Å². The predicted octanol–water partition coefficient (Wildman–Crippen LogP) is 3.78. The van der Waals surface area contributed by atoms with Crippen molar-refractivity contribution < 1.29 is 0 Å². The van der Waals surface area contributed by atoms with E-state index < -0.39 is 0 Å². The van der Waals surface area contributed by atoms with Crippen LogP contribution in [0.4, 0.5) is 0 Å². The third-order valence-corrected chi connectivity index (χ3v) is 4.02. The Hall–Kier alpha value is -1.75. The summed E-state index contributed by atoms with van der Waals surface area (Å²) < 4.78 is 2.09. The maximum Gasteiger partial charge on any atom is 0.128 e. The number of aryl methyl sites for hydroxylation is 2. The van der Waals surface area contributed by atoms with Crippen LogP contribution >= 0.6 is 0 Å². The topological polar surface area (TPSA) is 28.2 Å². The van der Waals surface area contributed by atoms with Crippen molar-refractivity contribution in [1.29, 1.82) is 5.26 Å². The summed E-state index contributed by atoms with van der Waals surface area (Å²) in [6.07, 6.45) is 9.35. The van der Waals surface area contributed by atoms with E-state index in [1.54, 1.807) is 0 Å². The van der Waals surface area contributed by atoms with Crippen molar-refractivity contribution >= 4 is 5.52 Å². The van der Waals surface area contributed by atoms with Crippen LogP contribution in [0.2, 0.25) is 0 Å². The van der Waals surface area contributed by atoms with Gasteiger partial charge in [-0.1, -0.05) is 12.8 Å². The Morgan fingerprint density at radius 1 is 1.11 bits per heavy atom. The Morgan fingerprint density at radius 3 is 2.56 bits per heavy atom. The maximum atomic E-state index is 9.44. The number of nitrogens with zero attached hydrogens (tertiary/aromatic N) is 2. The van der Waals surface area contributed by atoms with Gasteiger partial charge in [0.15, 0.2) is 0 Å². The van der Waals surface area contributed by atoms with Gasteiger partial charge in [0, 0.05) is 6.20 Å². The molecule has 2 nitrogen and oxygen atoms in total. The summed E-state index contributed by atoms with van der Waals surface area (Å²) in [5.41, 5.74) is 6.12. The number of hydrogen-bond donors (Lipinski definition) is 0. The van der Waals surface area contributed by atoms with Crippen LogP contribution in [0.1, 0.15) is 48.1 Å². The van der Waals surface area contributed by atoms with E-state index in [2.05, 4.69) is 29.5 Å². The number of pyridine rings is 1. The molecule has 18 heavy (non-hydrogen) atoms. The molecular formula is C16H18N2. The van der Waals surface area contributed by atoms with Crippen LogP contribution in [-0.2, 0) is 12.8 Å². The Bertz CT molecular complexity index is 629. The van der Waals surface area contributed by atoms with Crippen LogP contribution in [0, 0.1) is 18.3 Å². The molecule has 92 valence electrons. The van der Waals surface area contributed by atoms with Crippen LogP contribution in [-0.4, -0.2) is 4.40 Å². The van der Waals surface area contributed by atoms with Gasteiger partial charge in [-0.05, 0) is 61.4 Å². The van der Waals surface area contributed by atoms with Gasteiger partial charge in [-0.3, -0.25) is 0 Å². The molecule has 3 rings (SSSR count). The minimum Gasteiger partial charge on any atom is -0.308 e. The average molecular weight is 238 g/mol. The van der Waals surface area contributed by atoms with E-state index in [9.17, 15) is 5.26 Å². The fourth-order valence-electron chi connectivity index (χ4n) is 3.10. The molecule has 0 spiro atoms. The molecule has 0 N–H and O–H groups in total. The van der Waals surface area contributed by atoms with E-state index >= 15 is 0 Å². The summed E-state index contributed by atoms with van der Waals surface area (Å²) in [6, 6.07) is 6.72. The molecule has 0 amide bonds. The van der Waals surface area contributed by atoms with Crippen molar-refractivity contribution in [2.24, 2.45) is 0 Å². The highest BCUT2D eigenvalue weighted by atomic mass is 14.9. The van der Waals surface area contributed by atoms with E-state index in [0.717, 1.165) is 18.5 Å². The monoisotopic (exact) mass is 238 g/mol. The highest BCUT2D eigenvalue weighted by molar-refractivity contribution is 5.65. The first-order valence-electron chi connectivity index (χ1n) is 6.84. The third kappa shape index (κ3) is 1.71. The van der Waals surface area contributed by atoms with Crippen molar-refractivity contribution in [1.82, 2.24) is 4.40 Å². The SMILES string of the molecule is Cc1ccn2c(C#N)c3c(c2c1)CCCCCC3.